The van der Waals surface area contributed by atoms with E-state index in [4.69, 9.17) is 0 Å². The van der Waals surface area contributed by atoms with Crippen molar-refractivity contribution in [1.82, 2.24) is 20.5 Å². The predicted octanol–water partition coefficient (Wildman–Crippen LogP) is 0.794. The van der Waals surface area contributed by atoms with E-state index in [0.29, 0.717) is 13.0 Å². The standard InChI is InChI=1S/C15H20N4O3S/c1-14(2,3)12-16-9(7-23-12)6-10(20)19-5-4-15(8-19)11(21)17-13(22)18-15/h7H,4-6,8H2,1-3H3,(H2,17,18,21,22). The number of imide groups is 1. The fourth-order valence-electron chi connectivity index (χ4n) is 2.84. The predicted molar refractivity (Wildman–Crippen MR) is 85.1 cm³/mol. The summed E-state index contributed by atoms with van der Waals surface area (Å²) >= 11 is 1.56. The van der Waals surface area contributed by atoms with Gasteiger partial charge in [0.25, 0.3) is 5.91 Å². The van der Waals surface area contributed by atoms with Crippen molar-refractivity contribution in [2.24, 2.45) is 0 Å². The molecule has 7 nitrogen and oxygen atoms in total. The molecule has 0 aromatic carbocycles. The van der Waals surface area contributed by atoms with Gasteiger partial charge < -0.3 is 10.2 Å². The number of amides is 4. The van der Waals surface area contributed by atoms with E-state index in [0.717, 1.165) is 10.7 Å². The van der Waals surface area contributed by atoms with E-state index in [2.05, 4.69) is 36.4 Å². The number of rotatable bonds is 2. The summed E-state index contributed by atoms with van der Waals surface area (Å²) in [6, 6.07) is -0.487. The Bertz CT molecular complexity index is 679. The van der Waals surface area contributed by atoms with Gasteiger partial charge in [-0.3, -0.25) is 14.9 Å². The summed E-state index contributed by atoms with van der Waals surface area (Å²) in [5, 5.41) is 7.80. The number of hydrogen-bond acceptors (Lipinski definition) is 5. The summed E-state index contributed by atoms with van der Waals surface area (Å²) in [5.41, 5.74) is -0.229. The lowest BCUT2D eigenvalue weighted by Crippen LogP contribution is -2.49. The Kier molecular flexibility index (Phi) is 3.66. The fraction of sp³-hybridized carbons (Fsp3) is 0.600. The summed E-state index contributed by atoms with van der Waals surface area (Å²) in [5.74, 6) is -0.414. The molecule has 1 aromatic heterocycles. The van der Waals surface area contributed by atoms with E-state index in [1.807, 2.05) is 5.38 Å². The molecule has 8 heteroatoms. The van der Waals surface area contributed by atoms with E-state index in [1.54, 1.807) is 16.2 Å². The van der Waals surface area contributed by atoms with Crippen molar-refractivity contribution < 1.29 is 14.4 Å². The molecule has 1 spiro atoms. The maximum Gasteiger partial charge on any atom is 0.322 e. The highest BCUT2D eigenvalue weighted by Gasteiger charge is 2.51. The first kappa shape index (κ1) is 15.9. The van der Waals surface area contributed by atoms with Crippen molar-refractivity contribution in [2.75, 3.05) is 13.1 Å². The van der Waals surface area contributed by atoms with E-state index in [9.17, 15) is 14.4 Å². The monoisotopic (exact) mass is 336 g/mol. The Hall–Kier alpha value is -1.96. The van der Waals surface area contributed by atoms with Crippen molar-refractivity contribution in [2.45, 2.75) is 44.6 Å². The fourth-order valence-corrected chi connectivity index (χ4v) is 3.74. The topological polar surface area (TPSA) is 91.4 Å². The molecular weight excluding hydrogens is 316 g/mol. The van der Waals surface area contributed by atoms with E-state index >= 15 is 0 Å². The van der Waals surface area contributed by atoms with Crippen molar-refractivity contribution >= 4 is 29.2 Å². The second-order valence-corrected chi connectivity index (χ2v) is 7.98. The smallest absolute Gasteiger partial charge is 0.322 e. The van der Waals surface area contributed by atoms with Gasteiger partial charge >= 0.3 is 6.03 Å². The molecule has 3 heterocycles. The molecule has 2 N–H and O–H groups in total. The van der Waals surface area contributed by atoms with Crippen LogP contribution in [-0.4, -0.2) is 46.4 Å². The van der Waals surface area contributed by atoms with Gasteiger partial charge in [0.05, 0.1) is 23.7 Å². The number of nitrogens with zero attached hydrogens (tertiary/aromatic N) is 2. The summed E-state index contributed by atoms with van der Waals surface area (Å²) in [7, 11) is 0. The van der Waals surface area contributed by atoms with Gasteiger partial charge in [-0.05, 0) is 6.42 Å². The Labute approximate surface area is 138 Å². The number of likely N-dealkylation sites (tertiary alicyclic amines) is 1. The highest BCUT2D eigenvalue weighted by molar-refractivity contribution is 7.09. The van der Waals surface area contributed by atoms with Gasteiger partial charge in [0.2, 0.25) is 5.91 Å². The third kappa shape index (κ3) is 2.95. The molecule has 3 rings (SSSR count). The summed E-state index contributed by atoms with van der Waals surface area (Å²) in [6.07, 6.45) is 0.666. The first-order valence-electron chi connectivity index (χ1n) is 7.56. The highest BCUT2D eigenvalue weighted by Crippen LogP contribution is 2.27. The first-order valence-corrected chi connectivity index (χ1v) is 8.44. The second-order valence-electron chi connectivity index (χ2n) is 7.13. The minimum atomic E-state index is -0.953. The maximum atomic E-state index is 12.4. The van der Waals surface area contributed by atoms with Crippen LogP contribution in [0.3, 0.4) is 0 Å². The average Bonchev–Trinajstić information content (AvgIpc) is 3.10. The van der Waals surface area contributed by atoms with Gasteiger partial charge in [0.1, 0.15) is 5.54 Å². The number of urea groups is 1. The van der Waals surface area contributed by atoms with Crippen molar-refractivity contribution in [3.63, 3.8) is 0 Å². The minimum absolute atomic E-state index is 0.0319. The number of carbonyl (C=O) groups is 3. The largest absolute Gasteiger partial charge is 0.339 e. The number of hydrogen-bond donors (Lipinski definition) is 2. The van der Waals surface area contributed by atoms with E-state index < -0.39 is 11.6 Å². The Balaban J connectivity index is 1.65. The molecule has 2 saturated heterocycles. The van der Waals surface area contributed by atoms with Crippen LogP contribution in [0.2, 0.25) is 0 Å². The van der Waals surface area contributed by atoms with Crippen molar-refractivity contribution in [1.29, 1.82) is 0 Å². The molecule has 23 heavy (non-hydrogen) atoms. The summed E-state index contributed by atoms with van der Waals surface area (Å²) < 4.78 is 0. The molecule has 1 atom stereocenters. The van der Waals surface area contributed by atoms with Crippen LogP contribution in [0, 0.1) is 0 Å². The summed E-state index contributed by atoms with van der Waals surface area (Å²) in [6.45, 7) is 6.94. The molecule has 2 fully saturated rings. The Morgan fingerprint density at radius 1 is 1.43 bits per heavy atom. The van der Waals surface area contributed by atoms with Crippen LogP contribution >= 0.6 is 11.3 Å². The SMILES string of the molecule is CC(C)(C)c1nc(CC(=O)N2CCC3(C2)NC(=O)NC3=O)cs1. The molecule has 124 valence electrons. The zero-order valence-corrected chi connectivity index (χ0v) is 14.2. The number of carbonyl (C=O) groups excluding carboxylic acids is 3. The average molecular weight is 336 g/mol. The summed E-state index contributed by atoms with van der Waals surface area (Å²) in [4.78, 5) is 41.8. The number of nitrogens with one attached hydrogen (secondary N) is 2. The minimum Gasteiger partial charge on any atom is -0.339 e. The van der Waals surface area contributed by atoms with E-state index in [1.165, 1.54) is 0 Å². The third-order valence-electron chi connectivity index (χ3n) is 4.16. The Morgan fingerprint density at radius 2 is 2.17 bits per heavy atom. The van der Waals surface area contributed by atoms with Crippen LogP contribution in [0.4, 0.5) is 4.79 Å². The highest BCUT2D eigenvalue weighted by atomic mass is 32.1. The van der Waals surface area contributed by atoms with Gasteiger partial charge in [-0.1, -0.05) is 20.8 Å². The first-order chi connectivity index (χ1) is 10.7. The third-order valence-corrected chi connectivity index (χ3v) is 5.48. The van der Waals surface area contributed by atoms with Crippen LogP contribution in [0.1, 0.15) is 37.9 Å². The normalized spacial score (nSPS) is 24.2. The van der Waals surface area contributed by atoms with E-state index in [-0.39, 0.29) is 30.2 Å². The lowest BCUT2D eigenvalue weighted by Gasteiger charge is -2.20. The molecule has 1 unspecified atom stereocenters. The van der Waals surface area contributed by atoms with Gasteiger partial charge in [0.15, 0.2) is 0 Å². The van der Waals surface area contributed by atoms with Crippen LogP contribution in [-0.2, 0) is 21.4 Å². The van der Waals surface area contributed by atoms with Gasteiger partial charge in [-0.15, -0.1) is 11.3 Å². The van der Waals surface area contributed by atoms with Gasteiger partial charge in [-0.25, -0.2) is 9.78 Å². The van der Waals surface area contributed by atoms with Crippen LogP contribution in [0.5, 0.6) is 0 Å². The lowest BCUT2D eigenvalue weighted by atomic mass is 9.98. The maximum absolute atomic E-state index is 12.4. The van der Waals surface area contributed by atoms with Gasteiger partial charge in [0, 0.05) is 17.3 Å². The molecule has 0 radical (unpaired) electrons. The zero-order chi connectivity index (χ0) is 16.8. The molecule has 2 aliphatic heterocycles. The van der Waals surface area contributed by atoms with Crippen LogP contribution in [0.15, 0.2) is 5.38 Å². The lowest BCUT2D eigenvalue weighted by molar-refractivity contribution is -0.130. The quantitative estimate of drug-likeness (QED) is 0.781. The Morgan fingerprint density at radius 3 is 2.74 bits per heavy atom. The number of thiazole rings is 1. The second kappa shape index (κ2) is 5.30. The molecule has 2 aliphatic rings. The van der Waals surface area contributed by atoms with Crippen LogP contribution in [0.25, 0.3) is 0 Å². The molecule has 4 amide bonds. The molecular formula is C15H20N4O3S. The van der Waals surface area contributed by atoms with Crippen molar-refractivity contribution in [3.05, 3.63) is 16.1 Å². The van der Waals surface area contributed by atoms with Gasteiger partial charge in [-0.2, -0.15) is 0 Å². The molecule has 0 aliphatic carbocycles. The number of aromatic nitrogens is 1. The molecule has 0 bridgehead atoms. The molecule has 0 saturated carbocycles. The van der Waals surface area contributed by atoms with Crippen molar-refractivity contribution in [3.8, 4) is 0 Å². The van der Waals surface area contributed by atoms with Crippen LogP contribution < -0.4 is 10.6 Å². The zero-order valence-electron chi connectivity index (χ0n) is 13.4. The molecule has 1 aromatic rings.